The molecule has 0 aromatic heterocycles. The minimum absolute atomic E-state index is 0.0588. The molecule has 0 bridgehead atoms. The Bertz CT molecular complexity index is 515. The van der Waals surface area contributed by atoms with Crippen LogP contribution in [-0.4, -0.2) is 38.1 Å². The molecule has 116 valence electrons. The highest BCUT2D eigenvalue weighted by atomic mass is 16.5. The van der Waals surface area contributed by atoms with Crippen molar-refractivity contribution in [3.05, 3.63) is 23.8 Å². The van der Waals surface area contributed by atoms with Crippen molar-refractivity contribution in [2.75, 3.05) is 30.8 Å². The van der Waals surface area contributed by atoms with E-state index in [0.29, 0.717) is 16.9 Å². The number of hydrogen-bond donors (Lipinski definition) is 2. The molecule has 1 aromatic rings. The Morgan fingerprint density at radius 2 is 2.05 bits per heavy atom. The van der Waals surface area contributed by atoms with E-state index in [1.54, 1.807) is 37.1 Å². The standard InChI is InChI=1S/C15H23N3O3/c1-5-21-15(20)11-7-6-8-12(16)14(11)18(4)9-13(19)17-10(2)3/h6-8,10H,5,9,16H2,1-4H3,(H,17,19). The normalized spacial score (nSPS) is 10.3. The number of nitrogens with two attached hydrogens (primary N) is 1. The number of para-hydroxylation sites is 1. The van der Waals surface area contributed by atoms with Crippen LogP contribution in [0, 0.1) is 0 Å². The summed E-state index contributed by atoms with van der Waals surface area (Å²) < 4.78 is 5.02. The third kappa shape index (κ3) is 4.66. The Morgan fingerprint density at radius 3 is 2.62 bits per heavy atom. The number of ether oxygens (including phenoxy) is 1. The van der Waals surface area contributed by atoms with E-state index in [0.717, 1.165) is 0 Å². The van der Waals surface area contributed by atoms with Gasteiger partial charge < -0.3 is 20.7 Å². The first-order valence-electron chi connectivity index (χ1n) is 6.92. The van der Waals surface area contributed by atoms with Crippen LogP contribution in [0.5, 0.6) is 0 Å². The molecule has 1 amide bonds. The molecule has 1 rings (SSSR count). The molecule has 6 heteroatoms. The number of benzene rings is 1. The Morgan fingerprint density at radius 1 is 1.38 bits per heavy atom. The van der Waals surface area contributed by atoms with Crippen LogP contribution < -0.4 is 16.0 Å². The first-order valence-corrected chi connectivity index (χ1v) is 6.92. The van der Waals surface area contributed by atoms with E-state index in [1.807, 2.05) is 13.8 Å². The summed E-state index contributed by atoms with van der Waals surface area (Å²) in [4.78, 5) is 25.5. The van der Waals surface area contributed by atoms with E-state index in [1.165, 1.54) is 0 Å². The molecular formula is C15H23N3O3. The lowest BCUT2D eigenvalue weighted by Gasteiger charge is -2.23. The molecule has 0 aliphatic carbocycles. The third-order valence-electron chi connectivity index (χ3n) is 2.77. The molecular weight excluding hydrogens is 270 g/mol. The molecule has 0 saturated carbocycles. The van der Waals surface area contributed by atoms with E-state index in [4.69, 9.17) is 10.5 Å². The number of amides is 1. The van der Waals surface area contributed by atoms with Gasteiger partial charge in [0.1, 0.15) is 0 Å². The molecule has 0 unspecified atom stereocenters. The highest BCUT2D eigenvalue weighted by molar-refractivity contribution is 6.00. The van der Waals surface area contributed by atoms with E-state index >= 15 is 0 Å². The molecule has 1 aromatic carbocycles. The molecule has 0 heterocycles. The van der Waals surface area contributed by atoms with Crippen LogP contribution in [0.1, 0.15) is 31.1 Å². The predicted octanol–water partition coefficient (Wildman–Crippen LogP) is 1.41. The number of esters is 1. The van der Waals surface area contributed by atoms with Crippen molar-refractivity contribution >= 4 is 23.3 Å². The number of rotatable bonds is 6. The molecule has 0 aliphatic rings. The number of nitrogens with one attached hydrogen (secondary N) is 1. The summed E-state index contributed by atoms with van der Waals surface area (Å²) in [5, 5.41) is 2.80. The fraction of sp³-hybridized carbons (Fsp3) is 0.467. The number of carbonyl (C=O) groups is 2. The third-order valence-corrected chi connectivity index (χ3v) is 2.77. The molecule has 21 heavy (non-hydrogen) atoms. The second kappa shape index (κ2) is 7.52. The minimum Gasteiger partial charge on any atom is -0.462 e. The van der Waals surface area contributed by atoms with E-state index in [-0.39, 0.29) is 25.1 Å². The average Bonchev–Trinajstić information content (AvgIpc) is 2.37. The Balaban J connectivity index is 2.99. The number of nitrogens with zero attached hydrogens (tertiary/aromatic N) is 1. The highest BCUT2D eigenvalue weighted by Crippen LogP contribution is 2.27. The van der Waals surface area contributed by atoms with Gasteiger partial charge in [-0.3, -0.25) is 4.79 Å². The van der Waals surface area contributed by atoms with Gasteiger partial charge in [-0.2, -0.15) is 0 Å². The smallest absolute Gasteiger partial charge is 0.340 e. The van der Waals surface area contributed by atoms with Gasteiger partial charge in [-0.25, -0.2) is 4.79 Å². The summed E-state index contributed by atoms with van der Waals surface area (Å²) >= 11 is 0. The Hall–Kier alpha value is -2.24. The number of likely N-dealkylation sites (N-methyl/N-ethyl adjacent to an activating group) is 1. The summed E-state index contributed by atoms with van der Waals surface area (Å²) in [6.07, 6.45) is 0. The van der Waals surface area contributed by atoms with Gasteiger partial charge in [0.2, 0.25) is 5.91 Å². The monoisotopic (exact) mass is 293 g/mol. The maximum atomic E-state index is 12.0. The Kier molecular flexibility index (Phi) is 6.02. The largest absolute Gasteiger partial charge is 0.462 e. The molecule has 0 fully saturated rings. The summed E-state index contributed by atoms with van der Waals surface area (Å²) in [5.74, 6) is -0.582. The van der Waals surface area contributed by atoms with Gasteiger partial charge in [-0.05, 0) is 32.9 Å². The summed E-state index contributed by atoms with van der Waals surface area (Å²) in [6, 6.07) is 5.08. The van der Waals surface area contributed by atoms with Gasteiger partial charge in [-0.15, -0.1) is 0 Å². The van der Waals surface area contributed by atoms with E-state index in [9.17, 15) is 9.59 Å². The number of anilines is 2. The first-order chi connectivity index (χ1) is 9.86. The minimum atomic E-state index is -0.448. The van der Waals surface area contributed by atoms with Crippen molar-refractivity contribution in [3.8, 4) is 0 Å². The highest BCUT2D eigenvalue weighted by Gasteiger charge is 2.19. The van der Waals surface area contributed by atoms with Gasteiger partial charge >= 0.3 is 5.97 Å². The average molecular weight is 293 g/mol. The van der Waals surface area contributed by atoms with Crippen LogP contribution in [0.2, 0.25) is 0 Å². The van der Waals surface area contributed by atoms with Gasteiger partial charge in [0.25, 0.3) is 0 Å². The quantitative estimate of drug-likeness (QED) is 0.612. The predicted molar refractivity (Wildman–Crippen MR) is 83.4 cm³/mol. The lowest BCUT2D eigenvalue weighted by Crippen LogP contribution is -2.39. The van der Waals surface area contributed by atoms with Gasteiger partial charge in [0.15, 0.2) is 0 Å². The SMILES string of the molecule is CCOC(=O)c1cccc(N)c1N(C)CC(=O)NC(C)C. The lowest BCUT2D eigenvalue weighted by atomic mass is 10.1. The zero-order valence-corrected chi connectivity index (χ0v) is 13.0. The van der Waals surface area contributed by atoms with Crippen molar-refractivity contribution in [1.82, 2.24) is 5.32 Å². The second-order valence-electron chi connectivity index (χ2n) is 5.04. The van der Waals surface area contributed by atoms with Crippen LogP contribution >= 0.6 is 0 Å². The van der Waals surface area contributed by atoms with Crippen LogP contribution in [0.25, 0.3) is 0 Å². The topological polar surface area (TPSA) is 84.7 Å². The van der Waals surface area contributed by atoms with Crippen molar-refractivity contribution in [3.63, 3.8) is 0 Å². The molecule has 0 aliphatic heterocycles. The van der Waals surface area contributed by atoms with Crippen molar-refractivity contribution in [2.45, 2.75) is 26.8 Å². The maximum absolute atomic E-state index is 12.0. The molecule has 0 radical (unpaired) electrons. The van der Waals surface area contributed by atoms with Crippen molar-refractivity contribution in [2.24, 2.45) is 0 Å². The molecule has 0 atom stereocenters. The number of carbonyl (C=O) groups excluding carboxylic acids is 2. The van der Waals surface area contributed by atoms with Gasteiger partial charge in [0, 0.05) is 13.1 Å². The van der Waals surface area contributed by atoms with Crippen LogP contribution in [0.4, 0.5) is 11.4 Å². The molecule has 3 N–H and O–H groups in total. The zero-order valence-electron chi connectivity index (χ0n) is 13.0. The fourth-order valence-corrected chi connectivity index (χ4v) is 2.02. The summed E-state index contributed by atoms with van der Waals surface area (Å²) in [6.45, 7) is 5.91. The van der Waals surface area contributed by atoms with Crippen LogP contribution in [-0.2, 0) is 9.53 Å². The number of hydrogen-bond acceptors (Lipinski definition) is 5. The summed E-state index contributed by atoms with van der Waals surface area (Å²) in [5.41, 5.74) is 7.25. The van der Waals surface area contributed by atoms with E-state index < -0.39 is 5.97 Å². The summed E-state index contributed by atoms with van der Waals surface area (Å²) in [7, 11) is 1.72. The molecule has 0 spiro atoms. The van der Waals surface area contributed by atoms with Crippen LogP contribution in [0.3, 0.4) is 0 Å². The Labute approximate surface area is 125 Å². The van der Waals surface area contributed by atoms with Crippen molar-refractivity contribution in [1.29, 1.82) is 0 Å². The van der Waals surface area contributed by atoms with Crippen LogP contribution in [0.15, 0.2) is 18.2 Å². The molecule has 0 saturated heterocycles. The van der Waals surface area contributed by atoms with Gasteiger partial charge in [0.05, 0.1) is 30.1 Å². The fourth-order valence-electron chi connectivity index (χ4n) is 2.02. The lowest BCUT2D eigenvalue weighted by molar-refractivity contribution is -0.120. The van der Waals surface area contributed by atoms with Crippen molar-refractivity contribution < 1.29 is 14.3 Å². The van der Waals surface area contributed by atoms with Gasteiger partial charge in [-0.1, -0.05) is 6.07 Å². The maximum Gasteiger partial charge on any atom is 0.340 e. The first kappa shape index (κ1) is 16.8. The zero-order chi connectivity index (χ0) is 16.0. The number of nitrogen functional groups attached to an aromatic ring is 1. The van der Waals surface area contributed by atoms with E-state index in [2.05, 4.69) is 5.32 Å². The molecule has 6 nitrogen and oxygen atoms in total. The second-order valence-corrected chi connectivity index (χ2v) is 5.04.